The number of Topliss-reactive ketones (excluding diaryl/α,β-unsaturated/α-hetero) is 1. The molecule has 0 saturated carbocycles. The van der Waals surface area contributed by atoms with Gasteiger partial charge in [-0.2, -0.15) is 0 Å². The average molecular weight is 378 g/mol. The first-order chi connectivity index (χ1) is 12.9. The number of ether oxygens (including phenoxy) is 2. The Hall–Kier alpha value is -2.71. The van der Waals surface area contributed by atoms with Crippen LogP contribution in [0.4, 0.5) is 5.82 Å². The molecule has 148 valence electrons. The van der Waals surface area contributed by atoms with Crippen LogP contribution in [0.1, 0.15) is 50.5 Å². The molecule has 2 heterocycles. The van der Waals surface area contributed by atoms with Gasteiger partial charge >= 0.3 is 11.9 Å². The molecule has 1 N–H and O–H groups in total. The number of aliphatic imine (C=N–C) groups is 1. The van der Waals surface area contributed by atoms with Crippen molar-refractivity contribution in [3.8, 4) is 0 Å². The van der Waals surface area contributed by atoms with Gasteiger partial charge in [0.1, 0.15) is 12.4 Å². The Balaban J connectivity index is 1.98. The molecule has 2 rings (SSSR count). The lowest BCUT2D eigenvalue weighted by Crippen LogP contribution is -2.39. The zero-order valence-electron chi connectivity index (χ0n) is 16.0. The third-order valence-electron chi connectivity index (χ3n) is 4.41. The zero-order valence-corrected chi connectivity index (χ0v) is 16.0. The minimum absolute atomic E-state index is 0.0778. The molecule has 9 nitrogen and oxygen atoms in total. The molecule has 9 heteroatoms. The highest BCUT2D eigenvalue weighted by atomic mass is 16.6. The number of hydrogen-bond donors (Lipinski definition) is 1. The van der Waals surface area contributed by atoms with Crippen LogP contribution in [0, 0.1) is 5.41 Å². The molecule has 0 aliphatic carbocycles. The summed E-state index contributed by atoms with van der Waals surface area (Å²) in [5.41, 5.74) is -0.950. The van der Waals surface area contributed by atoms with E-state index in [0.717, 1.165) is 0 Å². The van der Waals surface area contributed by atoms with Gasteiger partial charge in [0.25, 0.3) is 0 Å². The maximum Gasteiger partial charge on any atom is 0.323 e. The number of imidazole rings is 1. The van der Waals surface area contributed by atoms with Crippen LogP contribution in [-0.2, 0) is 25.6 Å². The third-order valence-corrected chi connectivity index (χ3v) is 4.41. The van der Waals surface area contributed by atoms with Gasteiger partial charge in [-0.05, 0) is 40.0 Å². The van der Waals surface area contributed by atoms with Crippen molar-refractivity contribution in [2.45, 2.75) is 46.6 Å². The third kappa shape index (κ3) is 4.72. The van der Waals surface area contributed by atoms with Gasteiger partial charge in [-0.25, -0.2) is 4.98 Å². The minimum atomic E-state index is -1.32. The summed E-state index contributed by atoms with van der Waals surface area (Å²) in [5, 5.41) is 2.97. The minimum Gasteiger partial charge on any atom is -0.465 e. The Bertz CT molecular complexity index is 707. The SMILES string of the molecule is CCOC(=O)C(C)(CCCCn1cnc2c1NC=NCC2=O)C(=O)OCC. The summed E-state index contributed by atoms with van der Waals surface area (Å²) in [6, 6.07) is 0. The molecule has 1 aromatic heterocycles. The van der Waals surface area contributed by atoms with E-state index in [4.69, 9.17) is 9.47 Å². The highest BCUT2D eigenvalue weighted by molar-refractivity contribution is 6.04. The molecule has 0 saturated heterocycles. The topological polar surface area (TPSA) is 112 Å². The molecule has 0 spiro atoms. The van der Waals surface area contributed by atoms with Crippen LogP contribution in [0.2, 0.25) is 0 Å². The molecule has 0 unspecified atom stereocenters. The number of hydrogen-bond acceptors (Lipinski definition) is 8. The van der Waals surface area contributed by atoms with Gasteiger partial charge in [-0.1, -0.05) is 0 Å². The predicted molar refractivity (Wildman–Crippen MR) is 98.8 cm³/mol. The molecule has 1 aliphatic heterocycles. The highest BCUT2D eigenvalue weighted by Gasteiger charge is 2.43. The first-order valence-corrected chi connectivity index (χ1v) is 9.11. The number of carbonyl (C=O) groups is 3. The Labute approximate surface area is 158 Å². The number of nitrogens with one attached hydrogen (secondary N) is 1. The lowest BCUT2D eigenvalue weighted by atomic mass is 9.85. The quantitative estimate of drug-likeness (QED) is 0.396. The Kier molecular flexibility index (Phi) is 7.09. The number of ketones is 1. The van der Waals surface area contributed by atoms with Crippen molar-refractivity contribution < 1.29 is 23.9 Å². The van der Waals surface area contributed by atoms with Crippen molar-refractivity contribution in [3.63, 3.8) is 0 Å². The van der Waals surface area contributed by atoms with E-state index in [-0.39, 0.29) is 25.5 Å². The summed E-state index contributed by atoms with van der Waals surface area (Å²) in [5.74, 6) is -0.658. The Morgan fingerprint density at radius 3 is 2.52 bits per heavy atom. The van der Waals surface area contributed by atoms with Crippen molar-refractivity contribution in [3.05, 3.63) is 12.0 Å². The van der Waals surface area contributed by atoms with Gasteiger partial charge in [-0.3, -0.25) is 19.4 Å². The van der Waals surface area contributed by atoms with Crippen LogP contribution in [0.25, 0.3) is 0 Å². The molecule has 1 aromatic rings. The van der Waals surface area contributed by atoms with Crippen LogP contribution in [0.15, 0.2) is 11.3 Å². The highest BCUT2D eigenvalue weighted by Crippen LogP contribution is 2.28. The zero-order chi connectivity index (χ0) is 19.9. The first kappa shape index (κ1) is 20.6. The molecule has 27 heavy (non-hydrogen) atoms. The molecular formula is C18H26N4O5. The number of unbranched alkanes of at least 4 members (excludes halogenated alkanes) is 1. The smallest absolute Gasteiger partial charge is 0.323 e. The van der Waals surface area contributed by atoms with Gasteiger partial charge in [0.2, 0.25) is 5.78 Å². The maximum absolute atomic E-state index is 12.3. The molecule has 0 fully saturated rings. The normalized spacial score (nSPS) is 13.5. The van der Waals surface area contributed by atoms with E-state index in [1.807, 2.05) is 4.57 Å². The van der Waals surface area contributed by atoms with E-state index in [2.05, 4.69) is 15.3 Å². The van der Waals surface area contributed by atoms with Crippen molar-refractivity contribution >= 4 is 29.9 Å². The van der Waals surface area contributed by atoms with E-state index in [0.29, 0.717) is 37.3 Å². The van der Waals surface area contributed by atoms with Gasteiger partial charge in [0.15, 0.2) is 11.1 Å². The lowest BCUT2D eigenvalue weighted by Gasteiger charge is -2.25. The number of esters is 2. The van der Waals surface area contributed by atoms with Crippen molar-refractivity contribution in [1.82, 2.24) is 9.55 Å². The van der Waals surface area contributed by atoms with Crippen molar-refractivity contribution in [2.75, 3.05) is 25.1 Å². The summed E-state index contributed by atoms with van der Waals surface area (Å²) in [7, 11) is 0. The number of rotatable bonds is 9. The van der Waals surface area contributed by atoms with E-state index in [1.54, 1.807) is 27.1 Å². The van der Waals surface area contributed by atoms with Gasteiger partial charge < -0.3 is 19.4 Å². The molecule has 0 bridgehead atoms. The standard InChI is InChI=1S/C18H26N4O5/c1-4-26-16(24)18(3,17(25)27-5-2)8-6-7-9-22-12-21-14-13(23)10-19-11-20-15(14)22/h11-12H,4-10H2,1-3H3,(H,19,20). The van der Waals surface area contributed by atoms with E-state index in [9.17, 15) is 14.4 Å². The molecular weight excluding hydrogens is 352 g/mol. The van der Waals surface area contributed by atoms with E-state index in [1.165, 1.54) is 6.34 Å². The fraction of sp³-hybridized carbons (Fsp3) is 0.611. The number of aromatic nitrogens is 2. The number of aryl methyl sites for hydroxylation is 1. The molecule has 0 radical (unpaired) electrons. The average Bonchev–Trinajstić information content (AvgIpc) is 2.95. The molecule has 1 aliphatic rings. The fourth-order valence-electron chi connectivity index (χ4n) is 2.85. The summed E-state index contributed by atoms with van der Waals surface area (Å²) >= 11 is 0. The number of anilines is 1. The van der Waals surface area contributed by atoms with E-state index < -0.39 is 17.4 Å². The second-order valence-corrected chi connectivity index (χ2v) is 6.40. The first-order valence-electron chi connectivity index (χ1n) is 9.11. The lowest BCUT2D eigenvalue weighted by molar-refractivity contribution is -0.171. The van der Waals surface area contributed by atoms with Gasteiger partial charge in [0, 0.05) is 6.54 Å². The van der Waals surface area contributed by atoms with Crippen LogP contribution < -0.4 is 5.32 Å². The van der Waals surface area contributed by atoms with Crippen LogP contribution in [-0.4, -0.2) is 53.4 Å². The number of carbonyl (C=O) groups excluding carboxylic acids is 3. The van der Waals surface area contributed by atoms with Gasteiger partial charge in [-0.15, -0.1) is 0 Å². The van der Waals surface area contributed by atoms with Crippen LogP contribution >= 0.6 is 0 Å². The number of fused-ring (bicyclic) bond motifs is 1. The second-order valence-electron chi connectivity index (χ2n) is 6.40. The van der Waals surface area contributed by atoms with E-state index >= 15 is 0 Å². The maximum atomic E-state index is 12.3. The predicted octanol–water partition coefficient (Wildman–Crippen LogP) is 1.82. The van der Waals surface area contributed by atoms with Crippen molar-refractivity contribution in [1.29, 1.82) is 0 Å². The summed E-state index contributed by atoms with van der Waals surface area (Å²) < 4.78 is 12.0. The molecule has 0 amide bonds. The monoisotopic (exact) mass is 378 g/mol. The molecule has 0 atom stereocenters. The van der Waals surface area contributed by atoms with Gasteiger partial charge in [0.05, 0.1) is 25.9 Å². The van der Waals surface area contributed by atoms with Crippen molar-refractivity contribution in [2.24, 2.45) is 10.4 Å². The number of nitrogens with zero attached hydrogens (tertiary/aromatic N) is 3. The molecule has 0 aromatic carbocycles. The Morgan fingerprint density at radius 1 is 1.22 bits per heavy atom. The van der Waals surface area contributed by atoms with Crippen LogP contribution in [0.3, 0.4) is 0 Å². The Morgan fingerprint density at radius 2 is 1.89 bits per heavy atom. The second kappa shape index (κ2) is 9.29. The largest absolute Gasteiger partial charge is 0.465 e. The van der Waals surface area contributed by atoms with Crippen LogP contribution in [0.5, 0.6) is 0 Å². The summed E-state index contributed by atoms with van der Waals surface area (Å²) in [6.07, 6.45) is 4.69. The summed E-state index contributed by atoms with van der Waals surface area (Å²) in [6.45, 7) is 6.03. The fourth-order valence-corrected chi connectivity index (χ4v) is 2.85. The summed E-state index contributed by atoms with van der Waals surface area (Å²) in [4.78, 5) is 44.6.